The van der Waals surface area contributed by atoms with Crippen LogP contribution in [-0.4, -0.2) is 17.1 Å². The molecule has 2 aromatic rings. The zero-order valence-electron chi connectivity index (χ0n) is 13.4. The van der Waals surface area contributed by atoms with Gasteiger partial charge in [0, 0.05) is 5.56 Å². The molecule has 0 N–H and O–H groups in total. The monoisotopic (exact) mass is 310 g/mol. The normalized spacial score (nSPS) is 10.2. The molecule has 1 heterocycles. The molecule has 0 amide bonds. The summed E-state index contributed by atoms with van der Waals surface area (Å²) in [5.74, 6) is -0.504. The van der Waals surface area contributed by atoms with Crippen molar-refractivity contribution in [1.82, 2.24) is 4.57 Å². The third kappa shape index (κ3) is 3.49. The largest absolute Gasteiger partial charge is 0.465 e. The van der Waals surface area contributed by atoms with Crippen molar-refractivity contribution < 1.29 is 9.53 Å². The first-order valence-corrected chi connectivity index (χ1v) is 7.35. The van der Waals surface area contributed by atoms with E-state index in [9.17, 15) is 9.59 Å². The molecule has 0 radical (unpaired) electrons. The highest BCUT2D eigenvalue weighted by Gasteiger charge is 2.15. The molecule has 0 aliphatic rings. The third-order valence-corrected chi connectivity index (χ3v) is 3.55. The molecule has 0 atom stereocenters. The van der Waals surface area contributed by atoms with Crippen LogP contribution in [-0.2, 0) is 16.1 Å². The van der Waals surface area contributed by atoms with Crippen LogP contribution in [0.2, 0.25) is 0 Å². The van der Waals surface area contributed by atoms with E-state index in [-0.39, 0.29) is 18.7 Å². The average molecular weight is 310 g/mol. The fourth-order valence-electron chi connectivity index (χ4n) is 2.49. The maximum absolute atomic E-state index is 12.4. The summed E-state index contributed by atoms with van der Waals surface area (Å²) in [7, 11) is 0. The van der Waals surface area contributed by atoms with E-state index in [1.165, 1.54) is 10.6 Å². The summed E-state index contributed by atoms with van der Waals surface area (Å²) in [5, 5.41) is 9.05. The highest BCUT2D eigenvalue weighted by atomic mass is 16.5. The van der Waals surface area contributed by atoms with Crippen molar-refractivity contribution in [2.24, 2.45) is 0 Å². The fraction of sp³-hybridized carbons (Fsp3) is 0.278. The number of hydrogen-bond donors (Lipinski definition) is 0. The van der Waals surface area contributed by atoms with Crippen LogP contribution in [0, 0.1) is 25.2 Å². The summed E-state index contributed by atoms with van der Waals surface area (Å²) in [5.41, 5.74) is 3.06. The van der Waals surface area contributed by atoms with Gasteiger partial charge in [-0.2, -0.15) is 5.26 Å². The molecular formula is C18H18N2O3. The number of rotatable bonds is 4. The summed E-state index contributed by atoms with van der Waals surface area (Å²) in [4.78, 5) is 24.3. The first-order chi connectivity index (χ1) is 11.0. The zero-order chi connectivity index (χ0) is 17.0. The van der Waals surface area contributed by atoms with Gasteiger partial charge in [-0.3, -0.25) is 14.2 Å². The van der Waals surface area contributed by atoms with Crippen molar-refractivity contribution in [3.8, 4) is 17.3 Å². The molecule has 0 unspecified atom stereocenters. The lowest BCUT2D eigenvalue weighted by Gasteiger charge is -2.15. The first-order valence-electron chi connectivity index (χ1n) is 7.35. The van der Waals surface area contributed by atoms with Gasteiger partial charge in [-0.1, -0.05) is 23.8 Å². The summed E-state index contributed by atoms with van der Waals surface area (Å²) in [6.45, 7) is 5.66. The van der Waals surface area contributed by atoms with E-state index in [4.69, 9.17) is 10.00 Å². The number of nitrogens with zero attached hydrogens (tertiary/aromatic N) is 2. The molecular weight excluding hydrogens is 292 g/mol. The first kappa shape index (κ1) is 16.5. The Labute approximate surface area is 134 Å². The molecule has 0 spiro atoms. The van der Waals surface area contributed by atoms with Crippen LogP contribution in [0.5, 0.6) is 0 Å². The van der Waals surface area contributed by atoms with Gasteiger partial charge < -0.3 is 4.74 Å². The second kappa shape index (κ2) is 6.93. The molecule has 0 aliphatic heterocycles. The maximum Gasteiger partial charge on any atom is 0.326 e. The number of carbonyl (C=O) groups is 1. The van der Waals surface area contributed by atoms with E-state index in [0.717, 1.165) is 16.7 Å². The molecule has 0 saturated heterocycles. The third-order valence-electron chi connectivity index (χ3n) is 3.55. The minimum Gasteiger partial charge on any atom is -0.465 e. The molecule has 5 nitrogen and oxygen atoms in total. The topological polar surface area (TPSA) is 72.1 Å². The van der Waals surface area contributed by atoms with E-state index in [1.54, 1.807) is 13.0 Å². The van der Waals surface area contributed by atoms with Gasteiger partial charge in [0.05, 0.1) is 12.3 Å². The molecule has 23 heavy (non-hydrogen) atoms. The van der Waals surface area contributed by atoms with Crippen molar-refractivity contribution in [2.45, 2.75) is 27.3 Å². The van der Waals surface area contributed by atoms with Crippen LogP contribution in [0.1, 0.15) is 23.6 Å². The maximum atomic E-state index is 12.4. The summed E-state index contributed by atoms with van der Waals surface area (Å²) in [6, 6.07) is 10.9. The van der Waals surface area contributed by atoms with Gasteiger partial charge in [0.1, 0.15) is 18.2 Å². The number of hydrogen-bond acceptors (Lipinski definition) is 4. The van der Waals surface area contributed by atoms with Crippen molar-refractivity contribution >= 4 is 5.97 Å². The van der Waals surface area contributed by atoms with Crippen molar-refractivity contribution in [3.63, 3.8) is 0 Å². The standard InChI is InChI=1S/C18H18N2O3/c1-4-23-17(21)11-20-16(8-6-14(10-19)18(20)22)15-7-5-12(2)9-13(15)3/h5-9H,4,11H2,1-3H3. The number of aryl methyl sites for hydroxylation is 2. The second-order valence-electron chi connectivity index (χ2n) is 5.26. The number of carbonyl (C=O) groups excluding carboxylic acids is 1. The van der Waals surface area contributed by atoms with E-state index in [0.29, 0.717) is 5.69 Å². The predicted molar refractivity (Wildman–Crippen MR) is 87.0 cm³/mol. The Bertz CT molecular complexity index is 844. The molecule has 5 heteroatoms. The van der Waals surface area contributed by atoms with Crippen LogP contribution in [0.3, 0.4) is 0 Å². The molecule has 118 valence electrons. The minimum atomic E-state index is -0.504. The number of pyridine rings is 1. The van der Waals surface area contributed by atoms with Crippen molar-refractivity contribution in [1.29, 1.82) is 5.26 Å². The smallest absolute Gasteiger partial charge is 0.326 e. The molecule has 1 aromatic heterocycles. The Hall–Kier alpha value is -2.87. The Balaban J connectivity index is 2.63. The van der Waals surface area contributed by atoms with Gasteiger partial charge in [-0.15, -0.1) is 0 Å². The molecule has 0 bridgehead atoms. The zero-order valence-corrected chi connectivity index (χ0v) is 13.4. The molecule has 0 fully saturated rings. The Kier molecular flexibility index (Phi) is 4.97. The number of esters is 1. The van der Waals surface area contributed by atoms with Crippen LogP contribution < -0.4 is 5.56 Å². The summed E-state index contributed by atoms with van der Waals surface area (Å²) >= 11 is 0. The highest BCUT2D eigenvalue weighted by molar-refractivity contribution is 5.72. The number of ether oxygens (including phenoxy) is 1. The lowest BCUT2D eigenvalue weighted by molar-refractivity contribution is -0.143. The van der Waals surface area contributed by atoms with Gasteiger partial charge in [0.25, 0.3) is 5.56 Å². The number of nitriles is 1. The Morgan fingerprint density at radius 2 is 2.00 bits per heavy atom. The highest BCUT2D eigenvalue weighted by Crippen LogP contribution is 2.23. The van der Waals surface area contributed by atoms with Crippen LogP contribution in [0.4, 0.5) is 0 Å². The fourth-order valence-corrected chi connectivity index (χ4v) is 2.49. The lowest BCUT2D eigenvalue weighted by Crippen LogP contribution is -2.28. The van der Waals surface area contributed by atoms with Gasteiger partial charge in [-0.05, 0) is 38.5 Å². The molecule has 1 aromatic carbocycles. The molecule has 0 aliphatic carbocycles. The van der Waals surface area contributed by atoms with Crippen LogP contribution >= 0.6 is 0 Å². The van der Waals surface area contributed by atoms with E-state index < -0.39 is 11.5 Å². The van der Waals surface area contributed by atoms with Crippen molar-refractivity contribution in [2.75, 3.05) is 6.61 Å². The van der Waals surface area contributed by atoms with Crippen LogP contribution in [0.15, 0.2) is 35.1 Å². The number of aromatic nitrogens is 1. The van der Waals surface area contributed by atoms with E-state index >= 15 is 0 Å². The van der Waals surface area contributed by atoms with Gasteiger partial charge in [-0.25, -0.2) is 0 Å². The minimum absolute atomic E-state index is 0.00260. The molecule has 2 rings (SSSR count). The predicted octanol–water partition coefficient (Wildman–Crippen LogP) is 2.57. The Morgan fingerprint density at radius 1 is 1.26 bits per heavy atom. The quantitative estimate of drug-likeness (QED) is 0.814. The van der Waals surface area contributed by atoms with Gasteiger partial charge in [0.15, 0.2) is 0 Å². The average Bonchev–Trinajstić information content (AvgIpc) is 2.50. The Morgan fingerprint density at radius 3 is 2.61 bits per heavy atom. The van der Waals surface area contributed by atoms with E-state index in [1.807, 2.05) is 38.1 Å². The van der Waals surface area contributed by atoms with Crippen molar-refractivity contribution in [3.05, 3.63) is 57.4 Å². The van der Waals surface area contributed by atoms with Gasteiger partial charge >= 0.3 is 5.97 Å². The van der Waals surface area contributed by atoms with E-state index in [2.05, 4.69) is 0 Å². The summed E-state index contributed by atoms with van der Waals surface area (Å²) < 4.78 is 6.23. The van der Waals surface area contributed by atoms with Gasteiger partial charge in [0.2, 0.25) is 0 Å². The van der Waals surface area contributed by atoms with Crippen LogP contribution in [0.25, 0.3) is 11.3 Å². The SMILES string of the molecule is CCOC(=O)Cn1c(-c2ccc(C)cc2C)ccc(C#N)c1=O. The number of benzene rings is 1. The molecule has 0 saturated carbocycles. The lowest BCUT2D eigenvalue weighted by atomic mass is 10.0. The second-order valence-corrected chi connectivity index (χ2v) is 5.26. The summed E-state index contributed by atoms with van der Waals surface area (Å²) in [6.07, 6.45) is 0.